The standard InChI is InChI=1S/C23H25N3O3S/c24-15-7-16-26(18-20-10-5-2-6-11-20)23(30)25-21(27)12-13-22(28)29-17-14-19-8-3-1-4-9-19/h1-6,8-11H,7,12-14,16-18H2,(H,25,27,30). The van der Waals surface area contributed by atoms with E-state index in [1.807, 2.05) is 60.7 Å². The monoisotopic (exact) mass is 423 g/mol. The van der Waals surface area contributed by atoms with Gasteiger partial charge in [-0.15, -0.1) is 0 Å². The van der Waals surface area contributed by atoms with E-state index < -0.39 is 5.97 Å². The quantitative estimate of drug-likeness (QED) is 0.466. The highest BCUT2D eigenvalue weighted by Crippen LogP contribution is 2.06. The van der Waals surface area contributed by atoms with Crippen molar-refractivity contribution in [2.24, 2.45) is 0 Å². The molecule has 7 heteroatoms. The summed E-state index contributed by atoms with van der Waals surface area (Å²) in [5.74, 6) is -0.771. The predicted molar refractivity (Wildman–Crippen MR) is 118 cm³/mol. The van der Waals surface area contributed by atoms with Crippen molar-refractivity contribution in [1.29, 1.82) is 5.26 Å². The summed E-state index contributed by atoms with van der Waals surface area (Å²) in [4.78, 5) is 25.8. The molecule has 2 aromatic carbocycles. The Morgan fingerprint density at radius 2 is 1.63 bits per heavy atom. The number of thiocarbonyl (C=S) groups is 1. The first-order valence-corrected chi connectivity index (χ1v) is 10.2. The van der Waals surface area contributed by atoms with Gasteiger partial charge in [-0.3, -0.25) is 9.59 Å². The first-order valence-electron chi connectivity index (χ1n) is 9.77. The average molecular weight is 424 g/mol. The van der Waals surface area contributed by atoms with E-state index in [9.17, 15) is 9.59 Å². The van der Waals surface area contributed by atoms with Crippen LogP contribution in [0.25, 0.3) is 0 Å². The molecule has 1 amide bonds. The number of benzene rings is 2. The smallest absolute Gasteiger partial charge is 0.306 e. The van der Waals surface area contributed by atoms with E-state index in [1.165, 1.54) is 0 Å². The summed E-state index contributed by atoms with van der Waals surface area (Å²) in [6.45, 7) is 1.18. The Labute approximate surface area is 182 Å². The Kier molecular flexibility index (Phi) is 10.0. The van der Waals surface area contributed by atoms with E-state index in [-0.39, 0.29) is 36.9 Å². The fourth-order valence-electron chi connectivity index (χ4n) is 2.72. The zero-order chi connectivity index (χ0) is 21.6. The molecule has 0 spiro atoms. The molecule has 2 aromatic rings. The highest BCUT2D eigenvalue weighted by Gasteiger charge is 2.14. The minimum absolute atomic E-state index is 0.0122. The van der Waals surface area contributed by atoms with Crippen molar-refractivity contribution in [3.05, 3.63) is 71.8 Å². The van der Waals surface area contributed by atoms with Crippen LogP contribution >= 0.6 is 12.2 Å². The molecule has 0 aliphatic rings. The summed E-state index contributed by atoms with van der Waals surface area (Å²) < 4.78 is 5.18. The molecule has 0 aliphatic heterocycles. The van der Waals surface area contributed by atoms with Gasteiger partial charge in [-0.2, -0.15) is 5.26 Å². The largest absolute Gasteiger partial charge is 0.465 e. The molecule has 156 valence electrons. The van der Waals surface area contributed by atoms with Gasteiger partial charge < -0.3 is 15.0 Å². The lowest BCUT2D eigenvalue weighted by atomic mass is 10.2. The SMILES string of the molecule is N#CCCN(Cc1ccccc1)C(=S)NC(=O)CCC(=O)OCCc1ccccc1. The number of nitriles is 1. The van der Waals surface area contributed by atoms with Crippen LogP contribution < -0.4 is 5.32 Å². The van der Waals surface area contributed by atoms with Gasteiger partial charge in [-0.1, -0.05) is 60.7 Å². The van der Waals surface area contributed by atoms with Crippen LogP contribution in [0.4, 0.5) is 0 Å². The summed E-state index contributed by atoms with van der Waals surface area (Å²) in [6, 6.07) is 21.5. The van der Waals surface area contributed by atoms with Crippen molar-refractivity contribution in [2.45, 2.75) is 32.2 Å². The third-order valence-corrected chi connectivity index (χ3v) is 4.66. The number of hydrogen-bond donors (Lipinski definition) is 1. The second kappa shape index (κ2) is 13.1. The van der Waals surface area contributed by atoms with Crippen molar-refractivity contribution in [2.75, 3.05) is 13.2 Å². The molecule has 0 unspecified atom stereocenters. The predicted octanol–water partition coefficient (Wildman–Crippen LogP) is 3.37. The van der Waals surface area contributed by atoms with Crippen LogP contribution in [0.3, 0.4) is 0 Å². The fourth-order valence-corrected chi connectivity index (χ4v) is 2.99. The van der Waals surface area contributed by atoms with E-state index in [4.69, 9.17) is 22.2 Å². The molecule has 0 radical (unpaired) electrons. The molecule has 0 saturated carbocycles. The third-order valence-electron chi connectivity index (χ3n) is 4.30. The molecule has 0 heterocycles. The molecule has 0 aromatic heterocycles. The number of esters is 1. The Balaban J connectivity index is 1.73. The van der Waals surface area contributed by atoms with E-state index in [0.29, 0.717) is 19.5 Å². The first-order chi connectivity index (χ1) is 14.6. The molecule has 1 N–H and O–H groups in total. The maximum absolute atomic E-state index is 12.2. The van der Waals surface area contributed by atoms with Crippen LogP contribution in [0.5, 0.6) is 0 Å². The minimum Gasteiger partial charge on any atom is -0.465 e. The lowest BCUT2D eigenvalue weighted by Gasteiger charge is -2.24. The van der Waals surface area contributed by atoms with Crippen LogP contribution in [-0.4, -0.2) is 35.0 Å². The van der Waals surface area contributed by atoms with E-state index in [0.717, 1.165) is 11.1 Å². The minimum atomic E-state index is -0.419. The summed E-state index contributed by atoms with van der Waals surface area (Å²) in [7, 11) is 0. The number of carbonyl (C=O) groups is 2. The molecule has 2 rings (SSSR count). The number of carbonyl (C=O) groups excluding carboxylic acids is 2. The van der Waals surface area contributed by atoms with Crippen molar-refractivity contribution < 1.29 is 14.3 Å². The maximum atomic E-state index is 12.2. The number of nitrogens with one attached hydrogen (secondary N) is 1. The Hall–Kier alpha value is -3.24. The van der Waals surface area contributed by atoms with Crippen molar-refractivity contribution >= 4 is 29.2 Å². The fraction of sp³-hybridized carbons (Fsp3) is 0.304. The zero-order valence-electron chi connectivity index (χ0n) is 16.8. The molecule has 30 heavy (non-hydrogen) atoms. The second-order valence-corrected chi connectivity index (χ2v) is 7.01. The first kappa shape index (κ1) is 23.0. The molecule has 0 bridgehead atoms. The number of rotatable bonds is 10. The maximum Gasteiger partial charge on any atom is 0.306 e. The Morgan fingerprint density at radius 1 is 1.00 bits per heavy atom. The summed E-state index contributed by atoms with van der Waals surface area (Å²) in [6.07, 6.45) is 0.897. The third kappa shape index (κ3) is 8.84. The number of hydrogen-bond acceptors (Lipinski definition) is 5. The Morgan fingerprint density at radius 3 is 2.27 bits per heavy atom. The van der Waals surface area contributed by atoms with Crippen LogP contribution in [-0.2, 0) is 27.3 Å². The van der Waals surface area contributed by atoms with Crippen molar-refractivity contribution in [3.63, 3.8) is 0 Å². The highest BCUT2D eigenvalue weighted by molar-refractivity contribution is 7.80. The molecular weight excluding hydrogens is 398 g/mol. The van der Waals surface area contributed by atoms with Gasteiger partial charge in [0, 0.05) is 25.9 Å². The molecule has 0 fully saturated rings. The summed E-state index contributed by atoms with van der Waals surface area (Å²) in [5, 5.41) is 11.8. The van der Waals surface area contributed by atoms with Gasteiger partial charge >= 0.3 is 5.97 Å². The second-order valence-electron chi connectivity index (χ2n) is 6.62. The lowest BCUT2D eigenvalue weighted by Crippen LogP contribution is -2.42. The van der Waals surface area contributed by atoms with Crippen molar-refractivity contribution in [3.8, 4) is 6.07 Å². The summed E-state index contributed by atoms with van der Waals surface area (Å²) >= 11 is 5.34. The van der Waals surface area contributed by atoms with Gasteiger partial charge in [-0.05, 0) is 23.3 Å². The van der Waals surface area contributed by atoms with E-state index in [1.54, 1.807) is 4.90 Å². The van der Waals surface area contributed by atoms with Gasteiger partial charge in [-0.25, -0.2) is 0 Å². The van der Waals surface area contributed by atoms with Gasteiger partial charge in [0.15, 0.2) is 5.11 Å². The molecule has 0 saturated heterocycles. The normalized spacial score (nSPS) is 9.97. The number of nitrogens with zero attached hydrogens (tertiary/aromatic N) is 2. The van der Waals surface area contributed by atoms with Gasteiger partial charge in [0.25, 0.3) is 0 Å². The van der Waals surface area contributed by atoms with E-state index in [2.05, 4.69) is 11.4 Å². The molecule has 0 aliphatic carbocycles. The lowest BCUT2D eigenvalue weighted by molar-refractivity contribution is -0.144. The van der Waals surface area contributed by atoms with Crippen LogP contribution in [0.1, 0.15) is 30.4 Å². The summed E-state index contributed by atoms with van der Waals surface area (Å²) in [5.41, 5.74) is 2.11. The topological polar surface area (TPSA) is 82.4 Å². The number of ether oxygens (including phenoxy) is 1. The highest BCUT2D eigenvalue weighted by atomic mass is 32.1. The van der Waals surface area contributed by atoms with Gasteiger partial charge in [0.1, 0.15) is 0 Å². The van der Waals surface area contributed by atoms with Crippen molar-refractivity contribution in [1.82, 2.24) is 10.2 Å². The number of amides is 1. The molecule has 0 atom stereocenters. The van der Waals surface area contributed by atoms with Crippen LogP contribution in [0.15, 0.2) is 60.7 Å². The van der Waals surface area contributed by atoms with E-state index >= 15 is 0 Å². The zero-order valence-corrected chi connectivity index (χ0v) is 17.6. The Bertz CT molecular complexity index is 866. The van der Waals surface area contributed by atoms with Crippen LogP contribution in [0, 0.1) is 11.3 Å². The van der Waals surface area contributed by atoms with Gasteiger partial charge in [0.2, 0.25) is 5.91 Å². The molecular formula is C23H25N3O3S. The van der Waals surface area contributed by atoms with Crippen LogP contribution in [0.2, 0.25) is 0 Å². The average Bonchev–Trinajstić information content (AvgIpc) is 2.76. The molecule has 6 nitrogen and oxygen atoms in total. The van der Waals surface area contributed by atoms with Gasteiger partial charge in [0.05, 0.1) is 25.5 Å².